The SMILES string of the molecule is CCCCCCCC(=O)Nc1ncnc2c1ncn2[C@@H]1O[C@H](CO)CC1O. The fraction of sp³-hybridized carbons (Fsp3) is 0.667. The van der Waals surface area contributed by atoms with Gasteiger partial charge in [-0.1, -0.05) is 32.6 Å². The van der Waals surface area contributed by atoms with E-state index in [0.29, 0.717) is 29.8 Å². The molecule has 1 fully saturated rings. The molecule has 1 saturated heterocycles. The molecule has 1 unspecified atom stereocenters. The molecule has 9 nitrogen and oxygen atoms in total. The van der Waals surface area contributed by atoms with Gasteiger partial charge in [0.05, 0.1) is 19.0 Å². The number of amides is 1. The van der Waals surface area contributed by atoms with Crippen LogP contribution in [0.5, 0.6) is 0 Å². The Morgan fingerprint density at radius 1 is 1.30 bits per heavy atom. The summed E-state index contributed by atoms with van der Waals surface area (Å²) in [7, 11) is 0. The van der Waals surface area contributed by atoms with E-state index in [9.17, 15) is 15.0 Å². The smallest absolute Gasteiger partial charge is 0.225 e. The minimum atomic E-state index is -0.768. The van der Waals surface area contributed by atoms with Crippen LogP contribution >= 0.6 is 0 Å². The molecule has 148 valence electrons. The minimum Gasteiger partial charge on any atom is -0.394 e. The third kappa shape index (κ3) is 4.60. The molecule has 3 rings (SSSR count). The Labute approximate surface area is 157 Å². The van der Waals surface area contributed by atoms with Gasteiger partial charge in [-0.2, -0.15) is 0 Å². The molecular weight excluding hydrogens is 350 g/mol. The number of anilines is 1. The lowest BCUT2D eigenvalue weighted by atomic mass is 10.1. The predicted octanol–water partition coefficient (Wildman–Crippen LogP) is 1.77. The molecular formula is C18H27N5O4. The topological polar surface area (TPSA) is 122 Å². The number of aliphatic hydroxyl groups is 2. The number of hydrogen-bond donors (Lipinski definition) is 3. The molecule has 0 aromatic carbocycles. The quantitative estimate of drug-likeness (QED) is 0.569. The number of fused-ring (bicyclic) bond motifs is 1. The van der Waals surface area contributed by atoms with Crippen LogP contribution in [0.15, 0.2) is 12.7 Å². The van der Waals surface area contributed by atoms with Crippen LogP contribution in [0.2, 0.25) is 0 Å². The lowest BCUT2D eigenvalue weighted by molar-refractivity contribution is -0.116. The molecule has 1 aliphatic heterocycles. The van der Waals surface area contributed by atoms with Crippen molar-refractivity contribution in [2.24, 2.45) is 0 Å². The highest BCUT2D eigenvalue weighted by Gasteiger charge is 2.36. The number of aliphatic hydroxyl groups excluding tert-OH is 2. The van der Waals surface area contributed by atoms with E-state index in [1.54, 1.807) is 4.57 Å². The summed E-state index contributed by atoms with van der Waals surface area (Å²) < 4.78 is 7.27. The highest BCUT2D eigenvalue weighted by molar-refractivity contribution is 5.96. The fourth-order valence-corrected chi connectivity index (χ4v) is 3.31. The molecule has 0 saturated carbocycles. The minimum absolute atomic E-state index is 0.0986. The van der Waals surface area contributed by atoms with Crippen LogP contribution in [-0.2, 0) is 9.53 Å². The van der Waals surface area contributed by atoms with Crippen LogP contribution in [0.4, 0.5) is 5.82 Å². The number of imidazole rings is 1. The third-order valence-corrected chi connectivity index (χ3v) is 4.77. The van der Waals surface area contributed by atoms with E-state index in [1.807, 2.05) is 0 Å². The predicted molar refractivity (Wildman–Crippen MR) is 98.9 cm³/mol. The van der Waals surface area contributed by atoms with Gasteiger partial charge >= 0.3 is 0 Å². The molecule has 3 heterocycles. The lowest BCUT2D eigenvalue weighted by Crippen LogP contribution is -2.19. The van der Waals surface area contributed by atoms with Crippen LogP contribution < -0.4 is 5.32 Å². The number of ether oxygens (including phenoxy) is 1. The molecule has 0 aliphatic carbocycles. The maximum absolute atomic E-state index is 12.2. The molecule has 2 aromatic heterocycles. The van der Waals surface area contributed by atoms with E-state index in [1.165, 1.54) is 25.5 Å². The number of nitrogens with zero attached hydrogens (tertiary/aromatic N) is 4. The van der Waals surface area contributed by atoms with Crippen molar-refractivity contribution in [3.63, 3.8) is 0 Å². The van der Waals surface area contributed by atoms with Crippen molar-refractivity contribution in [2.45, 2.75) is 70.3 Å². The second kappa shape index (κ2) is 9.20. The Balaban J connectivity index is 1.68. The van der Waals surface area contributed by atoms with Gasteiger partial charge in [0.15, 0.2) is 23.2 Å². The summed E-state index contributed by atoms with van der Waals surface area (Å²) in [6, 6.07) is 0. The Morgan fingerprint density at radius 2 is 2.11 bits per heavy atom. The first kappa shape index (κ1) is 19.7. The van der Waals surface area contributed by atoms with Gasteiger partial charge in [0, 0.05) is 12.8 Å². The van der Waals surface area contributed by atoms with E-state index in [0.717, 1.165) is 19.3 Å². The standard InChI is InChI=1S/C18H27N5O4/c1-2-3-4-5-6-7-14(26)22-16-15-17(20-10-19-16)23(11-21-15)18-13(25)8-12(9-24)27-18/h10-13,18,24-25H,2-9H2,1H3,(H,19,20,22,26)/t12-,13?,18+/m0/s1. The number of unbranched alkanes of at least 4 members (excludes halogenated alkanes) is 4. The van der Waals surface area contributed by atoms with Crippen molar-refractivity contribution in [1.82, 2.24) is 19.5 Å². The Hall–Kier alpha value is -2.10. The van der Waals surface area contributed by atoms with Gasteiger partial charge in [-0.15, -0.1) is 0 Å². The summed E-state index contributed by atoms with van der Waals surface area (Å²) in [5.41, 5.74) is 0.908. The van der Waals surface area contributed by atoms with E-state index in [2.05, 4.69) is 27.2 Å². The van der Waals surface area contributed by atoms with E-state index < -0.39 is 18.4 Å². The van der Waals surface area contributed by atoms with Crippen molar-refractivity contribution < 1.29 is 19.7 Å². The molecule has 3 atom stereocenters. The molecule has 3 N–H and O–H groups in total. The fourth-order valence-electron chi connectivity index (χ4n) is 3.31. The van der Waals surface area contributed by atoms with E-state index in [-0.39, 0.29) is 12.5 Å². The van der Waals surface area contributed by atoms with Gasteiger partial charge in [0.1, 0.15) is 12.4 Å². The van der Waals surface area contributed by atoms with Crippen LogP contribution in [0, 0.1) is 0 Å². The average molecular weight is 377 g/mol. The van der Waals surface area contributed by atoms with Gasteiger partial charge in [-0.25, -0.2) is 15.0 Å². The van der Waals surface area contributed by atoms with Gasteiger partial charge in [0.25, 0.3) is 0 Å². The molecule has 2 aromatic rings. The number of carbonyl (C=O) groups excluding carboxylic acids is 1. The molecule has 1 amide bonds. The first-order valence-corrected chi connectivity index (χ1v) is 9.55. The Kier molecular flexibility index (Phi) is 6.70. The summed E-state index contributed by atoms with van der Waals surface area (Å²) >= 11 is 0. The van der Waals surface area contributed by atoms with Crippen LogP contribution in [0.25, 0.3) is 11.2 Å². The summed E-state index contributed by atoms with van der Waals surface area (Å²) in [5.74, 6) is 0.252. The maximum Gasteiger partial charge on any atom is 0.225 e. The number of aromatic nitrogens is 4. The molecule has 0 spiro atoms. The van der Waals surface area contributed by atoms with Crippen molar-refractivity contribution in [2.75, 3.05) is 11.9 Å². The molecule has 0 radical (unpaired) electrons. The van der Waals surface area contributed by atoms with Gasteiger partial charge in [0.2, 0.25) is 5.91 Å². The highest BCUT2D eigenvalue weighted by atomic mass is 16.5. The maximum atomic E-state index is 12.2. The van der Waals surface area contributed by atoms with Crippen molar-refractivity contribution >= 4 is 22.9 Å². The van der Waals surface area contributed by atoms with Crippen molar-refractivity contribution in [3.8, 4) is 0 Å². The summed E-state index contributed by atoms with van der Waals surface area (Å²) in [4.78, 5) is 24.8. The number of nitrogens with one attached hydrogen (secondary N) is 1. The van der Waals surface area contributed by atoms with Crippen LogP contribution in [-0.4, -0.2) is 54.5 Å². The van der Waals surface area contributed by atoms with Crippen LogP contribution in [0.1, 0.15) is 58.1 Å². The monoisotopic (exact) mass is 377 g/mol. The van der Waals surface area contributed by atoms with Crippen LogP contribution in [0.3, 0.4) is 0 Å². The van der Waals surface area contributed by atoms with Gasteiger partial charge in [-0.3, -0.25) is 9.36 Å². The second-order valence-electron chi connectivity index (χ2n) is 6.89. The first-order chi connectivity index (χ1) is 13.1. The zero-order valence-corrected chi connectivity index (χ0v) is 15.5. The zero-order valence-electron chi connectivity index (χ0n) is 15.5. The van der Waals surface area contributed by atoms with Crippen molar-refractivity contribution in [1.29, 1.82) is 0 Å². The average Bonchev–Trinajstić information content (AvgIpc) is 3.25. The Bertz CT molecular complexity index is 765. The normalized spacial score (nSPS) is 22.4. The Morgan fingerprint density at radius 3 is 2.85 bits per heavy atom. The lowest BCUT2D eigenvalue weighted by Gasteiger charge is -2.16. The summed E-state index contributed by atoms with van der Waals surface area (Å²) in [5, 5.41) is 22.2. The third-order valence-electron chi connectivity index (χ3n) is 4.77. The number of carbonyl (C=O) groups is 1. The number of rotatable bonds is 9. The zero-order chi connectivity index (χ0) is 19.2. The first-order valence-electron chi connectivity index (χ1n) is 9.55. The van der Waals surface area contributed by atoms with Gasteiger partial charge < -0.3 is 20.3 Å². The largest absolute Gasteiger partial charge is 0.394 e. The second-order valence-corrected chi connectivity index (χ2v) is 6.89. The van der Waals surface area contributed by atoms with E-state index in [4.69, 9.17) is 4.74 Å². The molecule has 0 bridgehead atoms. The number of hydrogen-bond acceptors (Lipinski definition) is 7. The van der Waals surface area contributed by atoms with E-state index >= 15 is 0 Å². The molecule has 1 aliphatic rings. The van der Waals surface area contributed by atoms with Crippen molar-refractivity contribution in [3.05, 3.63) is 12.7 Å². The van der Waals surface area contributed by atoms with Gasteiger partial charge in [-0.05, 0) is 6.42 Å². The summed E-state index contributed by atoms with van der Waals surface area (Å²) in [6.07, 6.45) is 7.17. The molecule has 9 heteroatoms. The summed E-state index contributed by atoms with van der Waals surface area (Å²) in [6.45, 7) is 2.00. The molecule has 27 heavy (non-hydrogen) atoms. The highest BCUT2D eigenvalue weighted by Crippen LogP contribution is 2.31.